The summed E-state index contributed by atoms with van der Waals surface area (Å²) in [7, 11) is -3.73. The van der Waals surface area contributed by atoms with Crippen LogP contribution < -0.4 is 4.72 Å². The van der Waals surface area contributed by atoms with Crippen molar-refractivity contribution in [3.8, 4) is 6.07 Å². The van der Waals surface area contributed by atoms with Gasteiger partial charge in [0.05, 0.1) is 0 Å². The van der Waals surface area contributed by atoms with E-state index in [1.807, 2.05) is 17.7 Å². The zero-order chi connectivity index (χ0) is 13.9. The standard InChI is InChI=1S/C12H11N3O2S2/c1-9-7-18-8-10(9)6-15-19(16,17)12-3-2-4-14-11(12)5-13/h2-4,7-8,15H,6H2,1H3. The molecule has 0 saturated heterocycles. The fourth-order valence-corrected chi connectivity index (χ4v) is 3.48. The van der Waals surface area contributed by atoms with Gasteiger partial charge in [0, 0.05) is 12.7 Å². The van der Waals surface area contributed by atoms with Gasteiger partial charge < -0.3 is 0 Å². The Bertz CT molecular complexity index is 729. The second-order valence-corrected chi connectivity index (χ2v) is 6.35. The van der Waals surface area contributed by atoms with Gasteiger partial charge in [0.25, 0.3) is 0 Å². The van der Waals surface area contributed by atoms with Crippen molar-refractivity contribution in [2.24, 2.45) is 0 Å². The van der Waals surface area contributed by atoms with E-state index < -0.39 is 10.0 Å². The monoisotopic (exact) mass is 293 g/mol. The van der Waals surface area contributed by atoms with E-state index in [2.05, 4.69) is 9.71 Å². The van der Waals surface area contributed by atoms with Gasteiger partial charge in [-0.1, -0.05) is 0 Å². The summed E-state index contributed by atoms with van der Waals surface area (Å²) in [5, 5.41) is 12.7. The van der Waals surface area contributed by atoms with Crippen molar-refractivity contribution in [2.45, 2.75) is 18.4 Å². The first-order valence-electron chi connectivity index (χ1n) is 5.41. The highest BCUT2D eigenvalue weighted by Crippen LogP contribution is 2.16. The molecule has 0 aromatic carbocycles. The zero-order valence-electron chi connectivity index (χ0n) is 10.1. The van der Waals surface area contributed by atoms with Crippen molar-refractivity contribution >= 4 is 21.4 Å². The van der Waals surface area contributed by atoms with Crippen LogP contribution in [0.4, 0.5) is 0 Å². The molecular weight excluding hydrogens is 282 g/mol. The Morgan fingerprint density at radius 3 is 2.89 bits per heavy atom. The summed E-state index contributed by atoms with van der Waals surface area (Å²) in [4.78, 5) is 3.66. The summed E-state index contributed by atoms with van der Waals surface area (Å²) >= 11 is 1.52. The molecule has 0 aliphatic heterocycles. The molecule has 5 nitrogen and oxygen atoms in total. The lowest BCUT2D eigenvalue weighted by molar-refractivity contribution is 0.580. The molecule has 0 amide bonds. The van der Waals surface area contributed by atoms with Crippen LogP contribution in [0.25, 0.3) is 0 Å². The van der Waals surface area contributed by atoms with Gasteiger partial charge in [0.2, 0.25) is 10.0 Å². The lowest BCUT2D eigenvalue weighted by Gasteiger charge is -2.07. The van der Waals surface area contributed by atoms with E-state index in [4.69, 9.17) is 5.26 Å². The minimum Gasteiger partial charge on any atom is -0.244 e. The van der Waals surface area contributed by atoms with Crippen molar-refractivity contribution < 1.29 is 8.42 Å². The SMILES string of the molecule is Cc1cscc1CNS(=O)(=O)c1cccnc1C#N. The molecule has 2 aromatic heterocycles. The number of aromatic nitrogens is 1. The Hall–Kier alpha value is -1.75. The smallest absolute Gasteiger partial charge is 0.243 e. The summed E-state index contributed by atoms with van der Waals surface area (Å²) < 4.78 is 26.7. The first-order chi connectivity index (χ1) is 9.04. The number of nitrogens with one attached hydrogen (secondary N) is 1. The van der Waals surface area contributed by atoms with Crippen molar-refractivity contribution in [1.82, 2.24) is 9.71 Å². The predicted molar refractivity (Wildman–Crippen MR) is 72.0 cm³/mol. The van der Waals surface area contributed by atoms with Crippen LogP contribution in [0.15, 0.2) is 34.0 Å². The van der Waals surface area contributed by atoms with Gasteiger partial charge in [0.1, 0.15) is 11.0 Å². The van der Waals surface area contributed by atoms with E-state index in [1.165, 1.54) is 29.7 Å². The Morgan fingerprint density at radius 2 is 2.26 bits per heavy atom. The van der Waals surface area contributed by atoms with E-state index in [9.17, 15) is 8.42 Å². The maximum atomic E-state index is 12.1. The number of pyridine rings is 1. The fraction of sp³-hybridized carbons (Fsp3) is 0.167. The normalized spacial score (nSPS) is 11.2. The van der Waals surface area contributed by atoms with E-state index in [0.717, 1.165) is 11.1 Å². The summed E-state index contributed by atoms with van der Waals surface area (Å²) in [6.45, 7) is 2.13. The van der Waals surface area contributed by atoms with Gasteiger partial charge in [-0.05, 0) is 40.9 Å². The molecule has 7 heteroatoms. The Kier molecular flexibility index (Phi) is 3.95. The van der Waals surface area contributed by atoms with Gasteiger partial charge in [0.15, 0.2) is 5.69 Å². The van der Waals surface area contributed by atoms with Crippen molar-refractivity contribution in [1.29, 1.82) is 5.26 Å². The van der Waals surface area contributed by atoms with Gasteiger partial charge in [-0.15, -0.1) is 0 Å². The van der Waals surface area contributed by atoms with Crippen LogP contribution in [0.2, 0.25) is 0 Å². The molecule has 2 aromatic rings. The molecule has 1 N–H and O–H groups in total. The van der Waals surface area contributed by atoms with Crippen LogP contribution in [0.1, 0.15) is 16.8 Å². The Morgan fingerprint density at radius 1 is 1.47 bits per heavy atom. The predicted octanol–water partition coefficient (Wildman–Crippen LogP) is 1.80. The zero-order valence-corrected chi connectivity index (χ0v) is 11.8. The number of sulfonamides is 1. The molecule has 0 radical (unpaired) electrons. The molecule has 0 aliphatic carbocycles. The van der Waals surface area contributed by atoms with E-state index in [-0.39, 0.29) is 17.1 Å². The second-order valence-electron chi connectivity index (χ2n) is 3.87. The number of hydrogen-bond donors (Lipinski definition) is 1. The van der Waals surface area contributed by atoms with Crippen LogP contribution in [0, 0.1) is 18.3 Å². The van der Waals surface area contributed by atoms with Crippen molar-refractivity contribution in [2.75, 3.05) is 0 Å². The van der Waals surface area contributed by atoms with Crippen molar-refractivity contribution in [3.05, 3.63) is 45.9 Å². The van der Waals surface area contributed by atoms with Gasteiger partial charge >= 0.3 is 0 Å². The summed E-state index contributed by atoms with van der Waals surface area (Å²) in [6.07, 6.45) is 1.39. The topological polar surface area (TPSA) is 82.8 Å². The van der Waals surface area contributed by atoms with E-state index >= 15 is 0 Å². The third-order valence-electron chi connectivity index (χ3n) is 2.58. The Labute approximate surface area is 115 Å². The summed E-state index contributed by atoms with van der Waals surface area (Å²) in [5.41, 5.74) is 1.87. The van der Waals surface area contributed by atoms with Gasteiger partial charge in [-0.2, -0.15) is 16.6 Å². The molecule has 19 heavy (non-hydrogen) atoms. The van der Waals surface area contributed by atoms with Crippen LogP contribution in [0.3, 0.4) is 0 Å². The van der Waals surface area contributed by atoms with E-state index in [1.54, 1.807) is 6.07 Å². The largest absolute Gasteiger partial charge is 0.244 e. The molecule has 0 saturated carbocycles. The average Bonchev–Trinajstić information content (AvgIpc) is 2.82. The maximum Gasteiger partial charge on any atom is 0.243 e. The van der Waals surface area contributed by atoms with E-state index in [0.29, 0.717) is 0 Å². The van der Waals surface area contributed by atoms with Gasteiger partial charge in [-0.25, -0.2) is 18.1 Å². The lowest BCUT2D eigenvalue weighted by Crippen LogP contribution is -2.24. The molecule has 0 fully saturated rings. The summed E-state index contributed by atoms with van der Waals surface area (Å²) in [6, 6.07) is 4.64. The molecule has 0 unspecified atom stereocenters. The van der Waals surface area contributed by atoms with Gasteiger partial charge in [-0.3, -0.25) is 0 Å². The van der Waals surface area contributed by atoms with Crippen LogP contribution in [-0.4, -0.2) is 13.4 Å². The highest BCUT2D eigenvalue weighted by molar-refractivity contribution is 7.89. The Balaban J connectivity index is 2.24. The minimum atomic E-state index is -3.73. The first kappa shape index (κ1) is 13.7. The van der Waals surface area contributed by atoms with Crippen molar-refractivity contribution in [3.63, 3.8) is 0 Å². The summed E-state index contributed by atoms with van der Waals surface area (Å²) in [5.74, 6) is 0. The minimum absolute atomic E-state index is 0.0922. The third kappa shape index (κ3) is 2.98. The molecule has 0 bridgehead atoms. The number of nitriles is 1. The molecule has 98 valence electrons. The number of aryl methyl sites for hydroxylation is 1. The lowest BCUT2D eigenvalue weighted by atomic mass is 10.2. The maximum absolute atomic E-state index is 12.1. The molecule has 0 aliphatic rings. The highest BCUT2D eigenvalue weighted by Gasteiger charge is 2.19. The van der Waals surface area contributed by atoms with Crippen LogP contribution in [0.5, 0.6) is 0 Å². The second kappa shape index (κ2) is 5.48. The first-order valence-corrected chi connectivity index (χ1v) is 7.83. The number of thiophene rings is 1. The number of nitrogens with zero attached hydrogens (tertiary/aromatic N) is 2. The molecule has 0 spiro atoms. The fourth-order valence-electron chi connectivity index (χ4n) is 1.51. The number of hydrogen-bond acceptors (Lipinski definition) is 5. The molecule has 2 heterocycles. The van der Waals surface area contributed by atoms with Crippen LogP contribution in [-0.2, 0) is 16.6 Å². The molecule has 0 atom stereocenters. The highest BCUT2D eigenvalue weighted by atomic mass is 32.2. The average molecular weight is 293 g/mol. The van der Waals surface area contributed by atoms with Crippen LogP contribution >= 0.6 is 11.3 Å². The quantitative estimate of drug-likeness (QED) is 0.931. The molecular formula is C12H11N3O2S2. The molecule has 2 rings (SSSR count). The number of rotatable bonds is 4. The third-order valence-corrected chi connectivity index (χ3v) is 4.92.